The van der Waals surface area contributed by atoms with Gasteiger partial charge >= 0.3 is 0 Å². The first-order chi connectivity index (χ1) is 7.49. The van der Waals surface area contributed by atoms with Crippen LogP contribution in [0.25, 0.3) is 0 Å². The predicted octanol–water partition coefficient (Wildman–Crippen LogP) is -0.125. The van der Waals surface area contributed by atoms with Crippen molar-refractivity contribution in [2.75, 3.05) is 12.3 Å². The van der Waals surface area contributed by atoms with E-state index in [4.69, 9.17) is 11.5 Å². The monoisotopic (exact) mass is 241 g/mol. The van der Waals surface area contributed by atoms with Gasteiger partial charge in [0, 0.05) is 0 Å². The molecule has 1 aromatic rings. The maximum Gasteiger partial charge on any atom is 0.185 e. The van der Waals surface area contributed by atoms with Crippen LogP contribution in [0.2, 0.25) is 0 Å². The molecule has 0 fully saturated rings. The highest BCUT2D eigenvalue weighted by molar-refractivity contribution is 7.90. The number of guanidine groups is 1. The van der Waals surface area contributed by atoms with Gasteiger partial charge in [0.05, 0.1) is 18.1 Å². The molecule has 0 heterocycles. The molecule has 1 aromatic carbocycles. The fourth-order valence-electron chi connectivity index (χ4n) is 1.21. The van der Waals surface area contributed by atoms with E-state index in [2.05, 4.69) is 4.99 Å². The fourth-order valence-corrected chi connectivity index (χ4v) is 2.43. The van der Waals surface area contributed by atoms with E-state index in [9.17, 15) is 8.42 Å². The van der Waals surface area contributed by atoms with Crippen LogP contribution in [0.15, 0.2) is 35.3 Å². The normalized spacial score (nSPS) is 11.0. The molecule has 0 radical (unpaired) electrons. The first kappa shape index (κ1) is 12.5. The molecule has 0 saturated carbocycles. The number of sulfone groups is 1. The quantitative estimate of drug-likeness (QED) is 0.554. The van der Waals surface area contributed by atoms with Crippen LogP contribution in [0.3, 0.4) is 0 Å². The maximum atomic E-state index is 11.6. The summed E-state index contributed by atoms with van der Waals surface area (Å²) in [5, 5.41) is 0. The van der Waals surface area contributed by atoms with Gasteiger partial charge in [-0.15, -0.1) is 0 Å². The topological polar surface area (TPSA) is 98.5 Å². The van der Waals surface area contributed by atoms with Gasteiger partial charge in [-0.05, 0) is 5.56 Å². The van der Waals surface area contributed by atoms with Gasteiger partial charge in [0.2, 0.25) is 0 Å². The van der Waals surface area contributed by atoms with Gasteiger partial charge in [0.1, 0.15) is 0 Å². The zero-order valence-corrected chi connectivity index (χ0v) is 9.65. The average molecular weight is 241 g/mol. The Morgan fingerprint density at radius 1 is 1.19 bits per heavy atom. The summed E-state index contributed by atoms with van der Waals surface area (Å²) in [4.78, 5) is 3.64. The largest absolute Gasteiger partial charge is 0.370 e. The summed E-state index contributed by atoms with van der Waals surface area (Å²) < 4.78 is 23.3. The second-order valence-electron chi connectivity index (χ2n) is 3.38. The molecule has 6 heteroatoms. The molecule has 0 aliphatic rings. The summed E-state index contributed by atoms with van der Waals surface area (Å²) in [6.07, 6.45) is 0. The molecule has 5 nitrogen and oxygen atoms in total. The minimum Gasteiger partial charge on any atom is -0.370 e. The molecular formula is C10H15N3O2S. The van der Waals surface area contributed by atoms with Crippen LogP contribution in [-0.4, -0.2) is 26.7 Å². The van der Waals surface area contributed by atoms with Crippen LogP contribution in [0.4, 0.5) is 0 Å². The average Bonchev–Trinajstić information content (AvgIpc) is 2.17. The first-order valence-electron chi connectivity index (χ1n) is 4.79. The van der Waals surface area contributed by atoms with Crippen LogP contribution in [-0.2, 0) is 15.6 Å². The number of benzene rings is 1. The predicted molar refractivity (Wildman–Crippen MR) is 64.6 cm³/mol. The van der Waals surface area contributed by atoms with Crippen LogP contribution < -0.4 is 11.5 Å². The molecule has 0 aliphatic carbocycles. The molecular weight excluding hydrogens is 226 g/mol. The summed E-state index contributed by atoms with van der Waals surface area (Å²) in [5.41, 5.74) is 11.0. The van der Waals surface area contributed by atoms with E-state index in [0.29, 0.717) is 0 Å². The third-order valence-electron chi connectivity index (χ3n) is 1.93. The van der Waals surface area contributed by atoms with E-state index < -0.39 is 9.84 Å². The van der Waals surface area contributed by atoms with Crippen LogP contribution in [0, 0.1) is 0 Å². The van der Waals surface area contributed by atoms with Crippen molar-refractivity contribution in [3.05, 3.63) is 35.9 Å². The molecule has 0 atom stereocenters. The van der Waals surface area contributed by atoms with Crippen molar-refractivity contribution in [2.24, 2.45) is 16.5 Å². The van der Waals surface area contributed by atoms with Crippen molar-refractivity contribution < 1.29 is 8.42 Å². The molecule has 0 spiro atoms. The lowest BCUT2D eigenvalue weighted by molar-refractivity contribution is 0.595. The summed E-state index contributed by atoms with van der Waals surface area (Å²) in [6, 6.07) is 9.01. The smallest absolute Gasteiger partial charge is 0.185 e. The zero-order chi connectivity index (χ0) is 12.0. The minimum atomic E-state index is -3.15. The molecule has 16 heavy (non-hydrogen) atoms. The minimum absolute atomic E-state index is 0.0217. The molecule has 4 N–H and O–H groups in total. The Balaban J connectivity index is 2.56. The Morgan fingerprint density at radius 2 is 1.81 bits per heavy atom. The summed E-state index contributed by atoms with van der Waals surface area (Å²) in [6.45, 7) is 0.109. The second-order valence-corrected chi connectivity index (χ2v) is 5.57. The fraction of sp³-hybridized carbons (Fsp3) is 0.300. The van der Waals surface area contributed by atoms with Crippen LogP contribution >= 0.6 is 0 Å². The number of aliphatic imine (C=N–C) groups is 1. The molecule has 0 aromatic heterocycles. The summed E-state index contributed by atoms with van der Waals surface area (Å²) in [5.74, 6) is -0.108. The Kier molecular flexibility index (Phi) is 4.30. The van der Waals surface area contributed by atoms with E-state index in [1.165, 1.54) is 0 Å². The molecule has 1 rings (SSSR count). The highest BCUT2D eigenvalue weighted by Gasteiger charge is 2.10. The third kappa shape index (κ3) is 4.79. The van der Waals surface area contributed by atoms with E-state index in [1.54, 1.807) is 24.3 Å². The number of rotatable bonds is 5. The van der Waals surface area contributed by atoms with E-state index in [0.717, 1.165) is 5.56 Å². The Hall–Kier alpha value is -1.56. The standard InChI is InChI=1S/C10H15N3O2S/c11-10(12)13-6-7-16(14,15)8-9-4-2-1-3-5-9/h1-5H,6-8H2,(H4,11,12,13). The molecule has 0 amide bonds. The molecule has 0 unspecified atom stereocenters. The van der Waals surface area contributed by atoms with Crippen molar-refractivity contribution in [1.82, 2.24) is 0 Å². The Bertz CT molecular complexity index is 450. The maximum absolute atomic E-state index is 11.6. The SMILES string of the molecule is NC(N)=NCCS(=O)(=O)Cc1ccccc1. The lowest BCUT2D eigenvalue weighted by Gasteiger charge is -2.02. The van der Waals surface area contributed by atoms with Crippen molar-refractivity contribution >= 4 is 15.8 Å². The van der Waals surface area contributed by atoms with Crippen molar-refractivity contribution in [3.8, 4) is 0 Å². The van der Waals surface area contributed by atoms with Gasteiger partial charge in [0.25, 0.3) is 0 Å². The highest BCUT2D eigenvalue weighted by atomic mass is 32.2. The van der Waals surface area contributed by atoms with Gasteiger partial charge < -0.3 is 11.5 Å². The Morgan fingerprint density at radius 3 is 2.38 bits per heavy atom. The van der Waals surface area contributed by atoms with Crippen molar-refractivity contribution in [3.63, 3.8) is 0 Å². The zero-order valence-electron chi connectivity index (χ0n) is 8.83. The van der Waals surface area contributed by atoms with Crippen molar-refractivity contribution in [1.29, 1.82) is 0 Å². The van der Waals surface area contributed by atoms with Gasteiger partial charge in [-0.1, -0.05) is 30.3 Å². The van der Waals surface area contributed by atoms with E-state index in [1.807, 2.05) is 6.07 Å². The highest BCUT2D eigenvalue weighted by Crippen LogP contribution is 2.05. The van der Waals surface area contributed by atoms with Gasteiger partial charge in [-0.3, -0.25) is 4.99 Å². The number of hydrogen-bond donors (Lipinski definition) is 2. The Labute approximate surface area is 95.1 Å². The molecule has 88 valence electrons. The lowest BCUT2D eigenvalue weighted by atomic mass is 10.2. The summed E-state index contributed by atoms with van der Waals surface area (Å²) in [7, 11) is -3.15. The van der Waals surface area contributed by atoms with Crippen LogP contribution in [0.1, 0.15) is 5.56 Å². The van der Waals surface area contributed by atoms with Gasteiger partial charge in [0.15, 0.2) is 15.8 Å². The first-order valence-corrected chi connectivity index (χ1v) is 6.61. The molecule has 0 bridgehead atoms. The van der Waals surface area contributed by atoms with E-state index in [-0.39, 0.29) is 24.0 Å². The number of nitrogens with zero attached hydrogens (tertiary/aromatic N) is 1. The number of nitrogens with two attached hydrogens (primary N) is 2. The van der Waals surface area contributed by atoms with Gasteiger partial charge in [-0.25, -0.2) is 8.42 Å². The summed E-state index contributed by atoms with van der Waals surface area (Å²) >= 11 is 0. The van der Waals surface area contributed by atoms with Gasteiger partial charge in [-0.2, -0.15) is 0 Å². The second kappa shape index (κ2) is 5.50. The molecule has 0 aliphatic heterocycles. The lowest BCUT2D eigenvalue weighted by Crippen LogP contribution is -2.24. The molecule has 0 saturated heterocycles. The van der Waals surface area contributed by atoms with E-state index >= 15 is 0 Å². The van der Waals surface area contributed by atoms with Crippen LogP contribution in [0.5, 0.6) is 0 Å². The third-order valence-corrected chi connectivity index (χ3v) is 3.50. The number of hydrogen-bond acceptors (Lipinski definition) is 3. The van der Waals surface area contributed by atoms with Crippen molar-refractivity contribution in [2.45, 2.75) is 5.75 Å².